The van der Waals surface area contributed by atoms with Crippen molar-refractivity contribution in [3.05, 3.63) is 47.3 Å². The molecule has 0 saturated carbocycles. The van der Waals surface area contributed by atoms with Crippen molar-refractivity contribution in [2.75, 3.05) is 33.3 Å². The van der Waals surface area contributed by atoms with Crippen LogP contribution < -0.4 is 4.74 Å². The van der Waals surface area contributed by atoms with E-state index in [1.54, 1.807) is 25.0 Å². The van der Waals surface area contributed by atoms with Gasteiger partial charge < -0.3 is 19.1 Å². The summed E-state index contributed by atoms with van der Waals surface area (Å²) in [5.41, 5.74) is 1.68. The van der Waals surface area contributed by atoms with Crippen LogP contribution in [0.5, 0.6) is 5.75 Å². The Labute approximate surface area is 158 Å². The van der Waals surface area contributed by atoms with Crippen molar-refractivity contribution < 1.29 is 18.8 Å². The Hall–Kier alpha value is -2.83. The lowest BCUT2D eigenvalue weighted by Crippen LogP contribution is -2.51. The van der Waals surface area contributed by atoms with E-state index in [1.807, 2.05) is 29.2 Å². The Morgan fingerprint density at radius 1 is 1.11 bits per heavy atom. The van der Waals surface area contributed by atoms with E-state index >= 15 is 0 Å². The van der Waals surface area contributed by atoms with Crippen LogP contribution in [0.2, 0.25) is 0 Å². The van der Waals surface area contributed by atoms with Crippen LogP contribution in [0.1, 0.15) is 23.4 Å². The summed E-state index contributed by atoms with van der Waals surface area (Å²) in [5.74, 6) is 1.64. The Kier molecular flexibility index (Phi) is 6.11. The van der Waals surface area contributed by atoms with Gasteiger partial charge in [0.15, 0.2) is 0 Å². The Bertz CT molecular complexity index is 794. The Morgan fingerprint density at radius 2 is 1.78 bits per heavy atom. The third kappa shape index (κ3) is 4.87. The molecule has 2 amide bonds. The predicted molar refractivity (Wildman–Crippen MR) is 99.4 cm³/mol. The highest BCUT2D eigenvalue weighted by Gasteiger charge is 2.24. The van der Waals surface area contributed by atoms with E-state index in [-0.39, 0.29) is 18.2 Å². The van der Waals surface area contributed by atoms with Gasteiger partial charge in [0.1, 0.15) is 11.5 Å². The molecule has 27 heavy (non-hydrogen) atoms. The first-order valence-electron chi connectivity index (χ1n) is 9.16. The fraction of sp³-hybridized carbons (Fsp3) is 0.450. The summed E-state index contributed by atoms with van der Waals surface area (Å²) in [5, 5.41) is 3.86. The van der Waals surface area contributed by atoms with E-state index in [0.29, 0.717) is 50.5 Å². The largest absolute Gasteiger partial charge is 0.496 e. The normalized spacial score (nSPS) is 14.3. The number of para-hydroxylation sites is 1. The number of ether oxygens (including phenoxy) is 1. The fourth-order valence-corrected chi connectivity index (χ4v) is 3.28. The number of piperazine rings is 1. The fourth-order valence-electron chi connectivity index (χ4n) is 3.28. The van der Waals surface area contributed by atoms with Crippen molar-refractivity contribution in [2.45, 2.75) is 26.2 Å². The van der Waals surface area contributed by atoms with E-state index in [0.717, 1.165) is 11.3 Å². The van der Waals surface area contributed by atoms with Crippen molar-refractivity contribution >= 4 is 11.8 Å². The first kappa shape index (κ1) is 18.9. The second-order valence-corrected chi connectivity index (χ2v) is 6.68. The van der Waals surface area contributed by atoms with E-state index in [9.17, 15) is 9.59 Å². The average molecular weight is 371 g/mol. The van der Waals surface area contributed by atoms with Crippen molar-refractivity contribution in [1.82, 2.24) is 15.0 Å². The van der Waals surface area contributed by atoms with Crippen LogP contribution in [0.25, 0.3) is 0 Å². The number of aryl methyl sites for hydroxylation is 2. The Balaban J connectivity index is 1.45. The molecule has 2 aromatic rings. The highest BCUT2D eigenvalue weighted by molar-refractivity contribution is 5.80. The van der Waals surface area contributed by atoms with Gasteiger partial charge in [-0.3, -0.25) is 9.59 Å². The monoisotopic (exact) mass is 371 g/mol. The topological polar surface area (TPSA) is 75.9 Å². The molecule has 1 aliphatic rings. The summed E-state index contributed by atoms with van der Waals surface area (Å²) in [6.07, 6.45) is 1.32. The van der Waals surface area contributed by atoms with Gasteiger partial charge in [0.05, 0.1) is 19.2 Å². The summed E-state index contributed by atoms with van der Waals surface area (Å²) in [6.45, 7) is 4.03. The second kappa shape index (κ2) is 8.70. The molecule has 0 atom stereocenters. The first-order chi connectivity index (χ1) is 13.1. The smallest absolute Gasteiger partial charge is 0.228 e. The maximum absolute atomic E-state index is 12.5. The molecular weight excluding hydrogens is 346 g/mol. The van der Waals surface area contributed by atoms with Crippen LogP contribution in [0.3, 0.4) is 0 Å². The molecule has 0 aliphatic carbocycles. The standard InChI is InChI=1S/C20H25N3O4/c1-15-13-17(21-27-15)14-20(25)23-11-9-22(10-12-23)19(24)8-7-16-5-3-4-6-18(16)26-2/h3-6,13H,7-12,14H2,1-2H3. The minimum atomic E-state index is 0.0180. The summed E-state index contributed by atoms with van der Waals surface area (Å²) in [4.78, 5) is 28.5. The zero-order chi connectivity index (χ0) is 19.2. The highest BCUT2D eigenvalue weighted by Crippen LogP contribution is 2.19. The molecule has 7 nitrogen and oxygen atoms in total. The van der Waals surface area contributed by atoms with Crippen molar-refractivity contribution in [3.63, 3.8) is 0 Å². The maximum atomic E-state index is 12.5. The lowest BCUT2D eigenvalue weighted by Gasteiger charge is -2.34. The number of hydrogen-bond acceptors (Lipinski definition) is 5. The van der Waals surface area contributed by atoms with Gasteiger partial charge in [-0.2, -0.15) is 0 Å². The van der Waals surface area contributed by atoms with Crippen LogP contribution >= 0.6 is 0 Å². The number of carbonyl (C=O) groups excluding carboxylic acids is 2. The van der Waals surface area contributed by atoms with Crippen LogP contribution in [0.4, 0.5) is 0 Å². The zero-order valence-electron chi connectivity index (χ0n) is 15.8. The highest BCUT2D eigenvalue weighted by atomic mass is 16.5. The van der Waals surface area contributed by atoms with Crippen LogP contribution in [0, 0.1) is 6.92 Å². The van der Waals surface area contributed by atoms with Gasteiger partial charge >= 0.3 is 0 Å². The van der Waals surface area contributed by atoms with Crippen LogP contribution in [-0.4, -0.2) is 60.1 Å². The lowest BCUT2D eigenvalue weighted by molar-refractivity contribution is -0.139. The minimum Gasteiger partial charge on any atom is -0.496 e. The molecule has 0 radical (unpaired) electrons. The third-order valence-corrected chi connectivity index (χ3v) is 4.79. The molecule has 0 bridgehead atoms. The summed E-state index contributed by atoms with van der Waals surface area (Å²) < 4.78 is 10.3. The summed E-state index contributed by atoms with van der Waals surface area (Å²) in [6, 6.07) is 9.52. The molecule has 0 spiro atoms. The molecule has 7 heteroatoms. The van der Waals surface area contributed by atoms with Gasteiger partial charge in [0.2, 0.25) is 11.8 Å². The predicted octanol–water partition coefficient (Wildman–Crippen LogP) is 1.84. The molecule has 1 aliphatic heterocycles. The van der Waals surface area contributed by atoms with Crippen LogP contribution in [0.15, 0.2) is 34.9 Å². The first-order valence-corrected chi connectivity index (χ1v) is 9.16. The third-order valence-electron chi connectivity index (χ3n) is 4.79. The van der Waals surface area contributed by atoms with Gasteiger partial charge in [-0.1, -0.05) is 23.4 Å². The quantitative estimate of drug-likeness (QED) is 0.774. The molecule has 1 aromatic carbocycles. The number of carbonyl (C=O) groups is 2. The Morgan fingerprint density at radius 3 is 2.41 bits per heavy atom. The molecular formula is C20H25N3O4. The molecule has 0 N–H and O–H groups in total. The van der Waals surface area contributed by atoms with Crippen molar-refractivity contribution in [1.29, 1.82) is 0 Å². The SMILES string of the molecule is COc1ccccc1CCC(=O)N1CCN(C(=O)Cc2cc(C)on2)CC1. The van der Waals surface area contributed by atoms with Crippen molar-refractivity contribution in [2.24, 2.45) is 0 Å². The van der Waals surface area contributed by atoms with E-state index in [1.165, 1.54) is 0 Å². The van der Waals surface area contributed by atoms with Gasteiger partial charge in [0, 0.05) is 38.7 Å². The number of rotatable bonds is 6. The van der Waals surface area contributed by atoms with E-state index in [2.05, 4.69) is 5.16 Å². The number of nitrogens with zero attached hydrogens (tertiary/aromatic N) is 3. The zero-order valence-corrected chi connectivity index (χ0v) is 15.8. The molecule has 1 fully saturated rings. The lowest BCUT2D eigenvalue weighted by atomic mass is 10.1. The molecule has 3 rings (SSSR count). The van der Waals surface area contributed by atoms with Crippen molar-refractivity contribution in [3.8, 4) is 5.75 Å². The number of hydrogen-bond donors (Lipinski definition) is 0. The number of aromatic nitrogens is 1. The molecule has 0 unspecified atom stereocenters. The number of methoxy groups -OCH3 is 1. The molecule has 144 valence electrons. The van der Waals surface area contributed by atoms with E-state index < -0.39 is 0 Å². The summed E-state index contributed by atoms with van der Waals surface area (Å²) in [7, 11) is 1.64. The van der Waals surface area contributed by atoms with Gasteiger partial charge in [-0.15, -0.1) is 0 Å². The van der Waals surface area contributed by atoms with Crippen LogP contribution in [-0.2, 0) is 22.4 Å². The van der Waals surface area contributed by atoms with Gasteiger partial charge in [-0.25, -0.2) is 0 Å². The number of amides is 2. The van der Waals surface area contributed by atoms with Gasteiger partial charge in [-0.05, 0) is 25.0 Å². The minimum absolute atomic E-state index is 0.0180. The van der Waals surface area contributed by atoms with E-state index in [4.69, 9.17) is 9.26 Å². The molecule has 2 heterocycles. The number of benzene rings is 1. The van der Waals surface area contributed by atoms with Gasteiger partial charge in [0.25, 0.3) is 0 Å². The maximum Gasteiger partial charge on any atom is 0.228 e. The summed E-state index contributed by atoms with van der Waals surface area (Å²) >= 11 is 0. The molecule has 1 aromatic heterocycles. The second-order valence-electron chi connectivity index (χ2n) is 6.68. The average Bonchev–Trinajstić information content (AvgIpc) is 3.11. The molecule has 1 saturated heterocycles.